The zero-order chi connectivity index (χ0) is 15.2. The van der Waals surface area contributed by atoms with E-state index in [1.165, 1.54) is 18.2 Å². The van der Waals surface area contributed by atoms with Gasteiger partial charge in [0.2, 0.25) is 0 Å². The summed E-state index contributed by atoms with van der Waals surface area (Å²) >= 11 is 0. The number of nitrogen functional groups attached to an aromatic ring is 1. The smallest absolute Gasteiger partial charge is 0.398 e. The maximum Gasteiger partial charge on any atom is 0.416 e. The van der Waals surface area contributed by atoms with E-state index in [1.54, 1.807) is 6.07 Å². The maximum absolute atomic E-state index is 12.8. The Morgan fingerprint density at radius 1 is 1.00 bits per heavy atom. The quantitative estimate of drug-likeness (QED) is 0.603. The standard InChI is InChI=1S/C14H10F3N3O/c15-14(16,17)8-3-1-2-7(4-8)9-5-11-12(6-10(9)18)20-13(21)19-11/h1-6H,18H2,(H2,19,20,21). The molecule has 0 radical (unpaired) electrons. The summed E-state index contributed by atoms with van der Waals surface area (Å²) in [6.45, 7) is 0. The fourth-order valence-corrected chi connectivity index (χ4v) is 2.21. The molecule has 0 aliphatic heterocycles. The summed E-state index contributed by atoms with van der Waals surface area (Å²) in [5.41, 5.74) is 6.78. The number of imidazole rings is 1. The molecule has 4 nitrogen and oxygen atoms in total. The van der Waals surface area contributed by atoms with E-state index < -0.39 is 17.4 Å². The Kier molecular flexibility index (Phi) is 2.79. The number of alkyl halides is 3. The largest absolute Gasteiger partial charge is 0.416 e. The Labute approximate surface area is 116 Å². The molecule has 0 saturated heterocycles. The van der Waals surface area contributed by atoms with Gasteiger partial charge in [0, 0.05) is 11.3 Å². The van der Waals surface area contributed by atoms with Crippen LogP contribution in [-0.2, 0) is 6.18 Å². The number of hydrogen-bond acceptors (Lipinski definition) is 2. The second-order valence-electron chi connectivity index (χ2n) is 4.64. The Hall–Kier alpha value is -2.70. The first-order valence-corrected chi connectivity index (χ1v) is 6.04. The van der Waals surface area contributed by atoms with Gasteiger partial charge in [-0.25, -0.2) is 4.79 Å². The fraction of sp³-hybridized carbons (Fsp3) is 0.0714. The van der Waals surface area contributed by atoms with Gasteiger partial charge in [0.05, 0.1) is 16.6 Å². The highest BCUT2D eigenvalue weighted by molar-refractivity contribution is 5.89. The highest BCUT2D eigenvalue weighted by Crippen LogP contribution is 2.34. The van der Waals surface area contributed by atoms with Crippen molar-refractivity contribution in [2.75, 3.05) is 5.73 Å². The van der Waals surface area contributed by atoms with Crippen LogP contribution in [0.5, 0.6) is 0 Å². The third kappa shape index (κ3) is 2.37. The van der Waals surface area contributed by atoms with Crippen molar-refractivity contribution < 1.29 is 13.2 Å². The number of halogens is 3. The van der Waals surface area contributed by atoms with E-state index in [-0.39, 0.29) is 5.69 Å². The molecule has 0 fully saturated rings. The van der Waals surface area contributed by atoms with Crippen LogP contribution in [0.4, 0.5) is 18.9 Å². The van der Waals surface area contributed by atoms with Crippen molar-refractivity contribution >= 4 is 16.7 Å². The lowest BCUT2D eigenvalue weighted by molar-refractivity contribution is -0.137. The molecule has 1 heterocycles. The van der Waals surface area contributed by atoms with Gasteiger partial charge >= 0.3 is 11.9 Å². The molecule has 7 heteroatoms. The predicted octanol–water partition coefficient (Wildman–Crippen LogP) is 3.12. The molecule has 0 unspecified atom stereocenters. The first-order valence-electron chi connectivity index (χ1n) is 6.04. The van der Waals surface area contributed by atoms with E-state index in [2.05, 4.69) is 9.97 Å². The molecule has 0 amide bonds. The van der Waals surface area contributed by atoms with Crippen molar-refractivity contribution in [1.29, 1.82) is 0 Å². The van der Waals surface area contributed by atoms with Crippen molar-refractivity contribution in [2.45, 2.75) is 6.18 Å². The lowest BCUT2D eigenvalue weighted by Crippen LogP contribution is -2.04. The Morgan fingerprint density at radius 3 is 2.33 bits per heavy atom. The van der Waals surface area contributed by atoms with Crippen LogP contribution < -0.4 is 11.4 Å². The number of nitrogens with two attached hydrogens (primary N) is 1. The van der Waals surface area contributed by atoms with Gasteiger partial charge in [0.15, 0.2) is 0 Å². The summed E-state index contributed by atoms with van der Waals surface area (Å²) in [6, 6.07) is 7.96. The Morgan fingerprint density at radius 2 is 1.67 bits per heavy atom. The highest BCUT2D eigenvalue weighted by atomic mass is 19.4. The highest BCUT2D eigenvalue weighted by Gasteiger charge is 2.30. The number of aromatic amines is 2. The van der Waals surface area contributed by atoms with Crippen molar-refractivity contribution in [1.82, 2.24) is 9.97 Å². The summed E-state index contributed by atoms with van der Waals surface area (Å²) in [6.07, 6.45) is -4.42. The van der Waals surface area contributed by atoms with Gasteiger partial charge in [0.25, 0.3) is 0 Å². The van der Waals surface area contributed by atoms with Gasteiger partial charge in [-0.3, -0.25) is 0 Å². The number of aromatic nitrogens is 2. The number of fused-ring (bicyclic) bond motifs is 1. The third-order valence-corrected chi connectivity index (χ3v) is 3.19. The molecule has 0 atom stereocenters. The van der Waals surface area contributed by atoms with Gasteiger partial charge in [-0.2, -0.15) is 13.2 Å². The maximum atomic E-state index is 12.8. The Bertz CT molecular complexity index is 877. The average molecular weight is 293 g/mol. The number of nitrogens with one attached hydrogen (secondary N) is 2. The van der Waals surface area contributed by atoms with E-state index in [0.717, 1.165) is 12.1 Å². The van der Waals surface area contributed by atoms with E-state index in [0.29, 0.717) is 22.2 Å². The minimum atomic E-state index is -4.42. The molecule has 0 bridgehead atoms. The average Bonchev–Trinajstić information content (AvgIpc) is 2.76. The molecule has 0 aliphatic rings. The van der Waals surface area contributed by atoms with Crippen molar-refractivity contribution in [3.8, 4) is 11.1 Å². The van der Waals surface area contributed by atoms with Gasteiger partial charge in [-0.15, -0.1) is 0 Å². The second-order valence-corrected chi connectivity index (χ2v) is 4.64. The predicted molar refractivity (Wildman–Crippen MR) is 73.8 cm³/mol. The minimum absolute atomic E-state index is 0.289. The van der Waals surface area contributed by atoms with Crippen molar-refractivity contribution in [3.63, 3.8) is 0 Å². The fourth-order valence-electron chi connectivity index (χ4n) is 2.21. The molecular formula is C14H10F3N3O. The summed E-state index contributed by atoms with van der Waals surface area (Å²) in [5.74, 6) is 0. The van der Waals surface area contributed by atoms with Gasteiger partial charge in [-0.05, 0) is 29.8 Å². The van der Waals surface area contributed by atoms with Crippen LogP contribution in [0, 0.1) is 0 Å². The summed E-state index contributed by atoms with van der Waals surface area (Å²) in [5, 5.41) is 0. The normalized spacial score (nSPS) is 12.0. The molecule has 0 saturated carbocycles. The Balaban J connectivity index is 2.20. The zero-order valence-corrected chi connectivity index (χ0v) is 10.6. The number of anilines is 1. The topological polar surface area (TPSA) is 74.7 Å². The summed E-state index contributed by atoms with van der Waals surface area (Å²) in [4.78, 5) is 16.3. The zero-order valence-electron chi connectivity index (χ0n) is 10.6. The molecule has 2 aromatic carbocycles. The molecule has 0 aliphatic carbocycles. The van der Waals surface area contributed by atoms with Gasteiger partial charge in [-0.1, -0.05) is 12.1 Å². The number of benzene rings is 2. The molecule has 21 heavy (non-hydrogen) atoms. The molecule has 0 spiro atoms. The van der Waals surface area contributed by atoms with Crippen LogP contribution in [-0.4, -0.2) is 9.97 Å². The van der Waals surface area contributed by atoms with Crippen LogP contribution >= 0.6 is 0 Å². The second kappa shape index (κ2) is 4.41. The molecular weight excluding hydrogens is 283 g/mol. The SMILES string of the molecule is Nc1cc2[nH]c(=O)[nH]c2cc1-c1cccc(C(F)(F)F)c1. The van der Waals surface area contributed by atoms with Crippen LogP contribution in [0.3, 0.4) is 0 Å². The van der Waals surface area contributed by atoms with E-state index in [1.807, 2.05) is 0 Å². The van der Waals surface area contributed by atoms with Crippen LogP contribution in [0.15, 0.2) is 41.2 Å². The lowest BCUT2D eigenvalue weighted by atomic mass is 10.0. The van der Waals surface area contributed by atoms with Gasteiger partial charge in [0.1, 0.15) is 0 Å². The van der Waals surface area contributed by atoms with E-state index in [9.17, 15) is 18.0 Å². The van der Waals surface area contributed by atoms with Crippen LogP contribution in [0.1, 0.15) is 5.56 Å². The van der Waals surface area contributed by atoms with Crippen LogP contribution in [0.25, 0.3) is 22.2 Å². The molecule has 108 valence electrons. The molecule has 4 N–H and O–H groups in total. The van der Waals surface area contributed by atoms with E-state index >= 15 is 0 Å². The van der Waals surface area contributed by atoms with Gasteiger partial charge < -0.3 is 15.7 Å². The summed E-state index contributed by atoms with van der Waals surface area (Å²) < 4.78 is 38.3. The third-order valence-electron chi connectivity index (χ3n) is 3.19. The molecule has 3 rings (SSSR count). The number of rotatable bonds is 1. The molecule has 1 aromatic heterocycles. The first kappa shape index (κ1) is 13.3. The van der Waals surface area contributed by atoms with E-state index in [4.69, 9.17) is 5.73 Å². The van der Waals surface area contributed by atoms with Crippen molar-refractivity contribution in [2.24, 2.45) is 0 Å². The van der Waals surface area contributed by atoms with Crippen LogP contribution in [0.2, 0.25) is 0 Å². The first-order chi connectivity index (χ1) is 9.84. The number of H-pyrrole nitrogens is 2. The summed E-state index contributed by atoms with van der Waals surface area (Å²) in [7, 11) is 0. The monoisotopic (exact) mass is 293 g/mol. The van der Waals surface area contributed by atoms with Crippen molar-refractivity contribution in [3.05, 3.63) is 52.4 Å². The lowest BCUT2D eigenvalue weighted by Gasteiger charge is -2.10. The molecule has 3 aromatic rings. The minimum Gasteiger partial charge on any atom is -0.398 e. The number of hydrogen-bond donors (Lipinski definition) is 3.